The van der Waals surface area contributed by atoms with E-state index in [1.54, 1.807) is 0 Å². The lowest BCUT2D eigenvalue weighted by Gasteiger charge is -2.25. The van der Waals surface area contributed by atoms with Gasteiger partial charge in [0.2, 0.25) is 0 Å². The first-order valence-electron chi connectivity index (χ1n) is 8.22. The molecule has 0 amide bonds. The van der Waals surface area contributed by atoms with E-state index in [0.29, 0.717) is 6.04 Å². The van der Waals surface area contributed by atoms with E-state index in [2.05, 4.69) is 46.8 Å². The first-order valence-corrected chi connectivity index (χ1v) is 8.22. The molecule has 1 N–H and O–H groups in total. The molecule has 1 saturated heterocycles. The molecule has 0 bridgehead atoms. The van der Waals surface area contributed by atoms with E-state index in [1.807, 2.05) is 0 Å². The molecule has 0 aliphatic carbocycles. The van der Waals surface area contributed by atoms with Gasteiger partial charge in [-0.15, -0.1) is 0 Å². The van der Waals surface area contributed by atoms with Crippen LogP contribution in [0.2, 0.25) is 0 Å². The van der Waals surface area contributed by atoms with Gasteiger partial charge in [0.25, 0.3) is 0 Å². The highest BCUT2D eigenvalue weighted by Gasteiger charge is 2.18. The van der Waals surface area contributed by atoms with E-state index in [4.69, 9.17) is 0 Å². The highest BCUT2D eigenvalue weighted by atomic mass is 15.3. The molecule has 4 nitrogen and oxygen atoms in total. The summed E-state index contributed by atoms with van der Waals surface area (Å²) in [6.07, 6.45) is 5.21. The number of nitrogens with zero attached hydrogens (tertiary/aromatic N) is 3. The normalized spacial score (nSPS) is 19.1. The fourth-order valence-electron chi connectivity index (χ4n) is 3.07. The van der Waals surface area contributed by atoms with Crippen LogP contribution in [0.4, 0.5) is 0 Å². The molecule has 1 aromatic heterocycles. The van der Waals surface area contributed by atoms with Crippen molar-refractivity contribution in [3.05, 3.63) is 17.5 Å². The van der Waals surface area contributed by atoms with E-state index < -0.39 is 0 Å². The Labute approximate surface area is 123 Å². The Morgan fingerprint density at radius 1 is 1.45 bits per heavy atom. The van der Waals surface area contributed by atoms with Gasteiger partial charge in [0.05, 0.1) is 11.4 Å². The number of rotatable bonds is 8. The monoisotopic (exact) mass is 278 g/mol. The zero-order valence-electron chi connectivity index (χ0n) is 13.4. The molecule has 0 radical (unpaired) electrons. The zero-order valence-corrected chi connectivity index (χ0v) is 13.4. The smallest absolute Gasteiger partial charge is 0.0597 e. The van der Waals surface area contributed by atoms with E-state index in [-0.39, 0.29) is 0 Å². The largest absolute Gasteiger partial charge is 0.313 e. The maximum atomic E-state index is 4.57. The number of nitrogens with one attached hydrogen (secondary N) is 1. The topological polar surface area (TPSA) is 33.1 Å². The van der Waals surface area contributed by atoms with Gasteiger partial charge in [0.1, 0.15) is 0 Å². The van der Waals surface area contributed by atoms with Gasteiger partial charge in [-0.3, -0.25) is 9.58 Å². The first-order chi connectivity index (χ1) is 9.72. The molecule has 0 saturated carbocycles. The Balaban J connectivity index is 1.97. The van der Waals surface area contributed by atoms with Crippen molar-refractivity contribution in [1.82, 2.24) is 20.0 Å². The van der Waals surface area contributed by atoms with Crippen molar-refractivity contribution in [1.29, 1.82) is 0 Å². The molecular weight excluding hydrogens is 248 g/mol. The van der Waals surface area contributed by atoms with E-state index in [9.17, 15) is 0 Å². The van der Waals surface area contributed by atoms with Crippen molar-refractivity contribution in [2.24, 2.45) is 0 Å². The van der Waals surface area contributed by atoms with Gasteiger partial charge in [0.15, 0.2) is 0 Å². The average Bonchev–Trinajstić information content (AvgIpc) is 3.05. The van der Waals surface area contributed by atoms with Crippen molar-refractivity contribution < 1.29 is 0 Å². The van der Waals surface area contributed by atoms with Crippen LogP contribution in [0.5, 0.6) is 0 Å². The zero-order chi connectivity index (χ0) is 14.4. The van der Waals surface area contributed by atoms with Crippen LogP contribution in [-0.4, -0.2) is 40.4 Å². The van der Waals surface area contributed by atoms with Gasteiger partial charge in [0, 0.05) is 25.7 Å². The number of hydrogen-bond acceptors (Lipinski definition) is 3. The summed E-state index contributed by atoms with van der Waals surface area (Å²) in [5.74, 6) is 0. The molecule has 4 heteroatoms. The molecule has 114 valence electrons. The summed E-state index contributed by atoms with van der Waals surface area (Å²) in [7, 11) is 0. The van der Waals surface area contributed by atoms with Crippen LogP contribution in [0.3, 0.4) is 0 Å². The molecular formula is C16H30N4. The quantitative estimate of drug-likeness (QED) is 0.793. The standard InChI is InChI=1S/C16H30N4/c1-4-6-10-19(12-15-8-7-9-17-15)13-16-11-14(3)18-20(16)5-2/h11,15,17H,4-10,12-13H2,1-3H3. The molecule has 2 rings (SSSR count). The van der Waals surface area contributed by atoms with Crippen molar-refractivity contribution >= 4 is 0 Å². The van der Waals surface area contributed by atoms with E-state index in [0.717, 1.165) is 18.8 Å². The van der Waals surface area contributed by atoms with Crippen molar-refractivity contribution in [3.8, 4) is 0 Å². The fourth-order valence-corrected chi connectivity index (χ4v) is 3.07. The minimum Gasteiger partial charge on any atom is -0.313 e. The van der Waals surface area contributed by atoms with Gasteiger partial charge in [-0.1, -0.05) is 13.3 Å². The third-order valence-corrected chi connectivity index (χ3v) is 4.14. The third kappa shape index (κ3) is 4.32. The van der Waals surface area contributed by atoms with Gasteiger partial charge >= 0.3 is 0 Å². The average molecular weight is 278 g/mol. The first kappa shape index (κ1) is 15.5. The second kappa shape index (κ2) is 7.79. The van der Waals surface area contributed by atoms with Crippen LogP contribution < -0.4 is 5.32 Å². The van der Waals surface area contributed by atoms with Crippen LogP contribution >= 0.6 is 0 Å². The Morgan fingerprint density at radius 3 is 2.95 bits per heavy atom. The minimum atomic E-state index is 0.686. The number of aryl methyl sites for hydroxylation is 2. The molecule has 1 aliphatic heterocycles. The van der Waals surface area contributed by atoms with Gasteiger partial charge in [-0.05, 0) is 52.3 Å². The Bertz CT molecular complexity index is 393. The highest BCUT2D eigenvalue weighted by molar-refractivity contribution is 5.09. The van der Waals surface area contributed by atoms with Crippen molar-refractivity contribution in [3.63, 3.8) is 0 Å². The summed E-state index contributed by atoms with van der Waals surface area (Å²) >= 11 is 0. The number of unbranched alkanes of at least 4 members (excludes halogenated alkanes) is 1. The summed E-state index contributed by atoms with van der Waals surface area (Å²) in [6, 6.07) is 2.93. The van der Waals surface area contributed by atoms with E-state index in [1.165, 1.54) is 51.0 Å². The molecule has 1 atom stereocenters. The minimum absolute atomic E-state index is 0.686. The van der Waals surface area contributed by atoms with Crippen molar-refractivity contribution in [2.45, 2.75) is 65.6 Å². The highest BCUT2D eigenvalue weighted by Crippen LogP contribution is 2.12. The second-order valence-corrected chi connectivity index (χ2v) is 5.97. The predicted molar refractivity (Wildman–Crippen MR) is 83.8 cm³/mol. The summed E-state index contributed by atoms with van der Waals surface area (Å²) in [5.41, 5.74) is 2.50. The Hall–Kier alpha value is -0.870. The van der Waals surface area contributed by atoms with Crippen LogP contribution in [0, 0.1) is 6.92 Å². The molecule has 1 aliphatic rings. The summed E-state index contributed by atoms with van der Waals surface area (Å²) in [4.78, 5) is 2.61. The van der Waals surface area contributed by atoms with Crippen molar-refractivity contribution in [2.75, 3.05) is 19.6 Å². The second-order valence-electron chi connectivity index (χ2n) is 5.97. The predicted octanol–water partition coefficient (Wildman–Crippen LogP) is 2.57. The maximum absolute atomic E-state index is 4.57. The van der Waals surface area contributed by atoms with Gasteiger partial charge < -0.3 is 5.32 Å². The molecule has 0 aromatic carbocycles. The van der Waals surface area contributed by atoms with Crippen LogP contribution in [0.1, 0.15) is 50.9 Å². The SMILES string of the molecule is CCCCN(Cc1cc(C)nn1CC)CC1CCCN1. The Morgan fingerprint density at radius 2 is 2.30 bits per heavy atom. The lowest BCUT2D eigenvalue weighted by atomic mass is 10.2. The molecule has 1 fully saturated rings. The van der Waals surface area contributed by atoms with Crippen LogP contribution in [0.15, 0.2) is 6.07 Å². The number of hydrogen-bond donors (Lipinski definition) is 1. The summed E-state index contributed by atoms with van der Waals surface area (Å²) < 4.78 is 2.15. The van der Waals surface area contributed by atoms with Gasteiger partial charge in [-0.25, -0.2) is 0 Å². The molecule has 2 heterocycles. The van der Waals surface area contributed by atoms with Crippen LogP contribution in [0.25, 0.3) is 0 Å². The Kier molecular flexibility index (Phi) is 6.05. The molecule has 1 aromatic rings. The molecule has 0 spiro atoms. The summed E-state index contributed by atoms with van der Waals surface area (Å²) in [6.45, 7) is 12.1. The number of aromatic nitrogens is 2. The lowest BCUT2D eigenvalue weighted by Crippen LogP contribution is -2.38. The molecule has 20 heavy (non-hydrogen) atoms. The van der Waals surface area contributed by atoms with E-state index >= 15 is 0 Å². The fraction of sp³-hybridized carbons (Fsp3) is 0.812. The van der Waals surface area contributed by atoms with Gasteiger partial charge in [-0.2, -0.15) is 5.10 Å². The lowest BCUT2D eigenvalue weighted by molar-refractivity contribution is 0.231. The molecule has 1 unspecified atom stereocenters. The summed E-state index contributed by atoms with van der Waals surface area (Å²) in [5, 5.41) is 8.19. The third-order valence-electron chi connectivity index (χ3n) is 4.14. The van der Waals surface area contributed by atoms with Crippen LogP contribution in [-0.2, 0) is 13.1 Å². The maximum Gasteiger partial charge on any atom is 0.0597 e.